The summed E-state index contributed by atoms with van der Waals surface area (Å²) >= 11 is 0. The molecule has 0 spiro atoms. The van der Waals surface area contributed by atoms with Crippen molar-refractivity contribution in [1.82, 2.24) is 4.90 Å². The summed E-state index contributed by atoms with van der Waals surface area (Å²) in [7, 11) is -17.7. The molecule has 0 N–H and O–H groups in total. The van der Waals surface area contributed by atoms with Gasteiger partial charge in [-0.25, -0.2) is 18.3 Å². The average molecular weight is 385 g/mol. The van der Waals surface area contributed by atoms with Gasteiger partial charge < -0.3 is 4.90 Å². The molecule has 4 aliphatic heterocycles. The van der Waals surface area contributed by atoms with Gasteiger partial charge in [0.2, 0.25) is 0 Å². The van der Waals surface area contributed by atoms with Gasteiger partial charge in [-0.15, -0.1) is 0 Å². The van der Waals surface area contributed by atoms with Crippen LogP contribution in [0.5, 0.6) is 0 Å². The van der Waals surface area contributed by atoms with Gasteiger partial charge in [-0.3, -0.25) is 0 Å². The van der Waals surface area contributed by atoms with Crippen molar-refractivity contribution in [3.63, 3.8) is 0 Å². The fourth-order valence-electron chi connectivity index (χ4n) is 1.58. The van der Waals surface area contributed by atoms with Crippen LogP contribution >= 0.6 is 31.3 Å². The molecule has 0 aromatic heterocycles. The lowest BCUT2D eigenvalue weighted by Gasteiger charge is -2.41. The van der Waals surface area contributed by atoms with E-state index in [9.17, 15) is 18.3 Å². The number of phosphoric acid groups is 4. The molecule has 21 heavy (non-hydrogen) atoms. The maximum Gasteiger partial charge on any atom is 0.501 e. The van der Waals surface area contributed by atoms with E-state index in [1.165, 1.54) is 19.6 Å². The van der Waals surface area contributed by atoms with Crippen LogP contribution in [0.25, 0.3) is 0 Å². The van der Waals surface area contributed by atoms with Crippen molar-refractivity contribution in [2.45, 2.75) is 20.8 Å². The maximum atomic E-state index is 11.3. The van der Waals surface area contributed by atoms with Crippen LogP contribution in [0.15, 0.2) is 0 Å². The molecule has 0 atom stereocenters. The summed E-state index contributed by atoms with van der Waals surface area (Å²) in [5.74, 6) is 0. The fourth-order valence-corrected chi connectivity index (χ4v) is 12.1. The topological polar surface area (TPSA) is 127 Å². The van der Waals surface area contributed by atoms with E-state index in [0.717, 1.165) is 0 Å². The molecule has 11 nitrogen and oxygen atoms in total. The van der Waals surface area contributed by atoms with Crippen LogP contribution in [0.1, 0.15) is 20.8 Å². The first-order valence-electron chi connectivity index (χ1n) is 5.99. The molecule has 4 saturated heterocycles. The Bertz CT molecular complexity index is 442. The monoisotopic (exact) mass is 385 g/mol. The van der Waals surface area contributed by atoms with Crippen LogP contribution < -0.4 is 0 Å². The minimum Gasteiger partial charge on any atom is -0.304 e. The summed E-state index contributed by atoms with van der Waals surface area (Å²) in [6.07, 6.45) is 0. The third-order valence-electron chi connectivity index (χ3n) is 2.54. The van der Waals surface area contributed by atoms with Gasteiger partial charge in [0.05, 0.1) is 0 Å². The Kier molecular flexibility index (Phi) is 5.08. The lowest BCUT2D eigenvalue weighted by molar-refractivity contribution is 0.0910. The van der Waals surface area contributed by atoms with Crippen molar-refractivity contribution >= 4 is 31.3 Å². The van der Waals surface area contributed by atoms with Crippen LogP contribution in [-0.2, 0) is 44.1 Å². The lowest BCUT2D eigenvalue weighted by Crippen LogP contribution is -2.21. The Hall–Kier alpha value is 0.640. The Morgan fingerprint density at radius 1 is 0.571 bits per heavy atom. The van der Waals surface area contributed by atoms with Gasteiger partial charge in [-0.05, 0) is 19.6 Å². The quantitative estimate of drug-likeness (QED) is 0.656. The molecule has 4 fully saturated rings. The summed E-state index contributed by atoms with van der Waals surface area (Å²) < 4.78 is 69.9. The number of hydrogen-bond donors (Lipinski definition) is 0. The molecular weight excluding hydrogens is 370 g/mol. The molecule has 4 bridgehead atoms. The van der Waals surface area contributed by atoms with E-state index in [-0.39, 0.29) is 0 Å². The Morgan fingerprint density at radius 3 is 0.857 bits per heavy atom. The van der Waals surface area contributed by atoms with E-state index in [2.05, 4.69) is 51.5 Å². The minimum atomic E-state index is -4.43. The number of nitrogens with zero attached hydrogens (tertiary/aromatic N) is 1. The molecule has 0 radical (unpaired) electrons. The van der Waals surface area contributed by atoms with E-state index < -0.39 is 31.3 Å². The zero-order valence-corrected chi connectivity index (χ0v) is 15.0. The second-order valence-corrected chi connectivity index (χ2v) is 11.4. The highest BCUT2D eigenvalue weighted by atomic mass is 31.4. The number of hydrogen-bond acceptors (Lipinski definition) is 11. The van der Waals surface area contributed by atoms with Gasteiger partial charge in [0, 0.05) is 0 Å². The Morgan fingerprint density at radius 2 is 0.762 bits per heavy atom. The maximum absolute atomic E-state index is 11.3. The first kappa shape index (κ1) is 18.0. The van der Waals surface area contributed by atoms with E-state index in [4.69, 9.17) is 0 Å². The van der Waals surface area contributed by atoms with Crippen LogP contribution in [0, 0.1) is 0 Å². The van der Waals surface area contributed by atoms with Crippen molar-refractivity contribution in [2.24, 2.45) is 0 Å². The third-order valence-corrected chi connectivity index (χ3v) is 12.1. The van der Waals surface area contributed by atoms with Gasteiger partial charge in [0.1, 0.15) is 0 Å². The van der Waals surface area contributed by atoms with Crippen LogP contribution in [0.3, 0.4) is 0 Å². The van der Waals surface area contributed by atoms with Gasteiger partial charge in [0.25, 0.3) is 0 Å². The van der Waals surface area contributed by atoms with Gasteiger partial charge >= 0.3 is 31.3 Å². The van der Waals surface area contributed by atoms with Crippen LogP contribution in [-0.4, -0.2) is 24.5 Å². The molecule has 0 aliphatic carbocycles. The molecule has 124 valence electrons. The molecular formula is C6H15NO10P4. The predicted molar refractivity (Wildman–Crippen MR) is 70.4 cm³/mol. The summed E-state index contributed by atoms with van der Waals surface area (Å²) in [5.41, 5.74) is 0. The van der Waals surface area contributed by atoms with E-state index in [1.54, 1.807) is 0 Å². The molecule has 0 amide bonds. The van der Waals surface area contributed by atoms with E-state index >= 15 is 0 Å². The van der Waals surface area contributed by atoms with Crippen molar-refractivity contribution in [3.05, 3.63) is 0 Å². The van der Waals surface area contributed by atoms with Crippen LogP contribution in [0.2, 0.25) is 0 Å². The van der Waals surface area contributed by atoms with E-state index in [0.29, 0.717) is 0 Å². The Labute approximate surface area is 121 Å². The highest BCUT2D eigenvalue weighted by molar-refractivity contribution is 7.88. The highest BCUT2D eigenvalue weighted by Crippen LogP contribution is 2.99. The second-order valence-electron chi connectivity index (χ2n) is 3.90. The number of rotatable bonds is 3. The van der Waals surface area contributed by atoms with Crippen molar-refractivity contribution < 1.29 is 44.1 Å². The largest absolute Gasteiger partial charge is 0.501 e. The summed E-state index contributed by atoms with van der Waals surface area (Å²) in [4.78, 5) is 2.38. The molecule has 4 heterocycles. The smallest absolute Gasteiger partial charge is 0.304 e. The SMILES string of the molecule is CCN(CC)CC.O=P12OP3(=O)OP(=O)(O1)OP(=O)(O2)O3. The molecule has 0 saturated carbocycles. The first-order valence-corrected chi connectivity index (χ1v) is 11.8. The molecule has 0 aromatic carbocycles. The zero-order chi connectivity index (χ0) is 15.9. The fraction of sp³-hybridized carbons (Fsp3) is 1.00. The van der Waals surface area contributed by atoms with Crippen molar-refractivity contribution in [1.29, 1.82) is 0 Å². The van der Waals surface area contributed by atoms with Crippen molar-refractivity contribution in [2.75, 3.05) is 19.6 Å². The van der Waals surface area contributed by atoms with Gasteiger partial charge in [-0.1, -0.05) is 20.8 Å². The molecule has 0 unspecified atom stereocenters. The van der Waals surface area contributed by atoms with Gasteiger partial charge in [0.15, 0.2) is 0 Å². The van der Waals surface area contributed by atoms with E-state index in [1.807, 2.05) is 0 Å². The molecule has 4 rings (SSSR count). The third kappa shape index (κ3) is 3.94. The normalized spacial score (nSPS) is 47.2. The summed E-state index contributed by atoms with van der Waals surface area (Å²) in [6.45, 7) is 10.1. The molecule has 15 heteroatoms. The minimum absolute atomic E-state index is 1.19. The summed E-state index contributed by atoms with van der Waals surface area (Å²) in [6, 6.07) is 0. The van der Waals surface area contributed by atoms with Gasteiger partial charge in [-0.2, -0.15) is 25.9 Å². The Balaban J connectivity index is 0.000000199. The average Bonchev–Trinajstić information content (AvgIpc) is 2.23. The predicted octanol–water partition coefficient (Wildman–Crippen LogP) is 3.91. The van der Waals surface area contributed by atoms with Crippen molar-refractivity contribution in [3.8, 4) is 0 Å². The molecule has 0 aromatic rings. The second kappa shape index (κ2) is 5.93. The standard InChI is InChI=1S/C6H15N.O10P4/c1-4-7(5-2)6-3;1-11-5-12(2)8-13(3,6-11)10-14(4,7-11)9-12/h4-6H2,1-3H3;. The zero-order valence-electron chi connectivity index (χ0n) is 11.4. The lowest BCUT2D eigenvalue weighted by atomic mass is 10.5. The van der Waals surface area contributed by atoms with Crippen LogP contribution in [0.4, 0.5) is 0 Å². The molecule has 4 aliphatic rings. The summed E-state index contributed by atoms with van der Waals surface area (Å²) in [5, 5.41) is 0. The first-order chi connectivity index (χ1) is 9.59. The highest BCUT2D eigenvalue weighted by Gasteiger charge is 2.74.